The second-order valence-corrected chi connectivity index (χ2v) is 5.35. The van der Waals surface area contributed by atoms with Crippen LogP contribution in [0, 0.1) is 11.3 Å². The van der Waals surface area contributed by atoms with Gasteiger partial charge >= 0.3 is 0 Å². The molecule has 2 aromatic carbocycles. The SMILES string of the molecule is C=CCc1cc(/C=C(\C#N)c2ccc(OC)cc2)cc(OCC)c1O. The summed E-state index contributed by atoms with van der Waals surface area (Å²) in [7, 11) is 1.60. The number of hydrogen-bond acceptors (Lipinski definition) is 4. The van der Waals surface area contributed by atoms with E-state index in [9.17, 15) is 10.4 Å². The van der Waals surface area contributed by atoms with Crippen LogP contribution in [-0.4, -0.2) is 18.8 Å². The first-order chi connectivity index (χ1) is 12.1. The van der Waals surface area contributed by atoms with Crippen molar-refractivity contribution in [3.63, 3.8) is 0 Å². The second kappa shape index (κ2) is 8.60. The minimum absolute atomic E-state index is 0.113. The van der Waals surface area contributed by atoms with Crippen molar-refractivity contribution in [3.05, 3.63) is 65.7 Å². The largest absolute Gasteiger partial charge is 0.504 e. The van der Waals surface area contributed by atoms with E-state index in [1.165, 1.54) is 0 Å². The van der Waals surface area contributed by atoms with Crippen molar-refractivity contribution < 1.29 is 14.6 Å². The number of methoxy groups -OCH3 is 1. The van der Waals surface area contributed by atoms with Gasteiger partial charge in [0, 0.05) is 5.56 Å². The number of aromatic hydroxyl groups is 1. The molecule has 0 bridgehead atoms. The highest BCUT2D eigenvalue weighted by Gasteiger charge is 2.10. The number of ether oxygens (including phenoxy) is 2. The average Bonchev–Trinajstić information content (AvgIpc) is 2.64. The number of phenolic OH excluding ortho intramolecular Hbond substituents is 1. The Morgan fingerprint density at radius 2 is 2.00 bits per heavy atom. The lowest BCUT2D eigenvalue weighted by atomic mass is 10.0. The first kappa shape index (κ1) is 18.2. The van der Waals surface area contributed by atoms with Crippen LogP contribution in [0.2, 0.25) is 0 Å². The van der Waals surface area contributed by atoms with E-state index in [0.29, 0.717) is 29.9 Å². The Kier molecular flexibility index (Phi) is 6.25. The molecule has 0 saturated carbocycles. The molecule has 0 heterocycles. The molecule has 0 atom stereocenters. The third kappa shape index (κ3) is 4.42. The fourth-order valence-electron chi connectivity index (χ4n) is 2.47. The zero-order chi connectivity index (χ0) is 18.2. The molecular formula is C21H21NO3. The van der Waals surface area contributed by atoms with Gasteiger partial charge < -0.3 is 14.6 Å². The molecule has 2 aromatic rings. The van der Waals surface area contributed by atoms with E-state index in [1.54, 1.807) is 25.3 Å². The lowest BCUT2D eigenvalue weighted by Crippen LogP contribution is -1.95. The zero-order valence-electron chi connectivity index (χ0n) is 14.5. The highest BCUT2D eigenvalue weighted by molar-refractivity contribution is 5.90. The van der Waals surface area contributed by atoms with Crippen molar-refractivity contribution in [3.8, 4) is 23.3 Å². The minimum atomic E-state index is 0.113. The Morgan fingerprint density at radius 3 is 2.56 bits per heavy atom. The summed E-state index contributed by atoms with van der Waals surface area (Å²) >= 11 is 0. The maximum atomic E-state index is 10.3. The molecule has 0 aliphatic heterocycles. The number of phenols is 1. The molecular weight excluding hydrogens is 314 g/mol. The maximum absolute atomic E-state index is 10.3. The van der Waals surface area contributed by atoms with Gasteiger partial charge in [-0.3, -0.25) is 0 Å². The fraction of sp³-hybridized carbons (Fsp3) is 0.190. The van der Waals surface area contributed by atoms with Crippen molar-refractivity contribution in [2.24, 2.45) is 0 Å². The quantitative estimate of drug-likeness (QED) is 0.456. The molecule has 0 unspecified atom stereocenters. The van der Waals surface area contributed by atoms with Crippen molar-refractivity contribution >= 4 is 11.6 Å². The summed E-state index contributed by atoms with van der Waals surface area (Å²) in [6, 6.07) is 13.1. The van der Waals surface area contributed by atoms with Gasteiger partial charge in [0.1, 0.15) is 5.75 Å². The summed E-state index contributed by atoms with van der Waals surface area (Å²) in [4.78, 5) is 0. The standard InChI is InChI=1S/C21H21NO3/c1-4-6-17-11-15(13-20(21(17)23)25-5-2)12-18(14-22)16-7-9-19(24-3)10-8-16/h4,7-13,23H,1,5-6H2,2-3H3/b18-12+. The van der Waals surface area contributed by atoms with Crippen LogP contribution in [0.5, 0.6) is 17.2 Å². The van der Waals surface area contributed by atoms with Gasteiger partial charge in [0.15, 0.2) is 11.5 Å². The van der Waals surface area contributed by atoms with Gasteiger partial charge in [-0.25, -0.2) is 0 Å². The van der Waals surface area contributed by atoms with E-state index >= 15 is 0 Å². The van der Waals surface area contributed by atoms with Gasteiger partial charge in [-0.05, 0) is 66.9 Å². The molecule has 0 aliphatic carbocycles. The van der Waals surface area contributed by atoms with Crippen molar-refractivity contribution in [2.45, 2.75) is 13.3 Å². The molecule has 2 rings (SSSR count). The number of nitriles is 1. The molecule has 25 heavy (non-hydrogen) atoms. The Morgan fingerprint density at radius 1 is 1.28 bits per heavy atom. The first-order valence-electron chi connectivity index (χ1n) is 7.98. The summed E-state index contributed by atoms with van der Waals surface area (Å²) in [6.45, 7) is 6.01. The number of allylic oxidation sites excluding steroid dienone is 2. The van der Waals surface area contributed by atoms with Crippen LogP contribution in [0.25, 0.3) is 11.6 Å². The zero-order valence-corrected chi connectivity index (χ0v) is 14.5. The number of rotatable bonds is 7. The number of nitrogens with zero attached hydrogens (tertiary/aromatic N) is 1. The van der Waals surface area contributed by atoms with Gasteiger partial charge in [-0.1, -0.05) is 6.08 Å². The van der Waals surface area contributed by atoms with Crippen LogP contribution in [0.3, 0.4) is 0 Å². The van der Waals surface area contributed by atoms with Crippen LogP contribution >= 0.6 is 0 Å². The molecule has 0 amide bonds. The monoisotopic (exact) mass is 335 g/mol. The molecule has 4 heteroatoms. The Labute approximate surface area is 148 Å². The van der Waals surface area contributed by atoms with Gasteiger partial charge in [0.05, 0.1) is 25.4 Å². The van der Waals surface area contributed by atoms with Crippen LogP contribution < -0.4 is 9.47 Å². The first-order valence-corrected chi connectivity index (χ1v) is 7.98. The van der Waals surface area contributed by atoms with Crippen LogP contribution in [-0.2, 0) is 6.42 Å². The summed E-state index contributed by atoms with van der Waals surface area (Å²) in [5, 5.41) is 19.8. The lowest BCUT2D eigenvalue weighted by molar-refractivity contribution is 0.317. The smallest absolute Gasteiger partial charge is 0.161 e. The summed E-state index contributed by atoms with van der Waals surface area (Å²) in [5.41, 5.74) is 2.80. The van der Waals surface area contributed by atoms with Gasteiger partial charge in [0.25, 0.3) is 0 Å². The van der Waals surface area contributed by atoms with E-state index < -0.39 is 0 Å². The van der Waals surface area contributed by atoms with Gasteiger partial charge in [0.2, 0.25) is 0 Å². The Hall–Kier alpha value is -3.19. The lowest BCUT2D eigenvalue weighted by Gasteiger charge is -2.11. The van der Waals surface area contributed by atoms with Crippen molar-refractivity contribution in [1.82, 2.24) is 0 Å². The normalized spacial score (nSPS) is 10.8. The minimum Gasteiger partial charge on any atom is -0.504 e. The van der Waals surface area contributed by atoms with Crippen LogP contribution in [0.15, 0.2) is 49.1 Å². The Bertz CT molecular complexity index is 814. The van der Waals surface area contributed by atoms with Crippen LogP contribution in [0.4, 0.5) is 0 Å². The summed E-state index contributed by atoms with van der Waals surface area (Å²) in [6.07, 6.45) is 4.00. The molecule has 0 saturated heterocycles. The predicted molar refractivity (Wildman–Crippen MR) is 99.7 cm³/mol. The summed E-state index contributed by atoms with van der Waals surface area (Å²) < 4.78 is 10.6. The maximum Gasteiger partial charge on any atom is 0.161 e. The van der Waals surface area contributed by atoms with Crippen molar-refractivity contribution in [2.75, 3.05) is 13.7 Å². The third-order valence-corrected chi connectivity index (χ3v) is 3.67. The van der Waals surface area contributed by atoms with E-state index in [0.717, 1.165) is 16.9 Å². The third-order valence-electron chi connectivity index (χ3n) is 3.67. The highest BCUT2D eigenvalue weighted by atomic mass is 16.5. The van der Waals surface area contributed by atoms with Gasteiger partial charge in [-0.2, -0.15) is 5.26 Å². The molecule has 0 spiro atoms. The fourth-order valence-corrected chi connectivity index (χ4v) is 2.47. The molecule has 4 nitrogen and oxygen atoms in total. The second-order valence-electron chi connectivity index (χ2n) is 5.35. The predicted octanol–water partition coefficient (Wildman–Crippen LogP) is 4.59. The van der Waals surface area contributed by atoms with E-state index in [-0.39, 0.29) is 5.75 Å². The molecule has 0 aliphatic rings. The summed E-state index contributed by atoms with van der Waals surface area (Å²) in [5.74, 6) is 1.25. The van der Waals surface area contributed by atoms with Gasteiger partial charge in [-0.15, -0.1) is 6.58 Å². The topological polar surface area (TPSA) is 62.5 Å². The molecule has 1 N–H and O–H groups in total. The van der Waals surface area contributed by atoms with Crippen LogP contribution in [0.1, 0.15) is 23.6 Å². The van der Waals surface area contributed by atoms with E-state index in [2.05, 4.69) is 12.6 Å². The molecule has 128 valence electrons. The molecule has 0 fully saturated rings. The molecule has 0 aromatic heterocycles. The highest BCUT2D eigenvalue weighted by Crippen LogP contribution is 2.34. The number of benzene rings is 2. The average molecular weight is 335 g/mol. The van der Waals surface area contributed by atoms with E-state index in [4.69, 9.17) is 9.47 Å². The van der Waals surface area contributed by atoms with Crippen molar-refractivity contribution in [1.29, 1.82) is 5.26 Å². The van der Waals surface area contributed by atoms with E-state index in [1.807, 2.05) is 37.3 Å². The molecule has 0 radical (unpaired) electrons. The number of hydrogen-bond donors (Lipinski definition) is 1. The Balaban J connectivity index is 2.48.